The van der Waals surface area contributed by atoms with Crippen LogP contribution in [0.15, 0.2) is 53.8 Å². The maximum atomic E-state index is 14.9. The molecule has 0 saturated carbocycles. The van der Waals surface area contributed by atoms with Crippen molar-refractivity contribution in [2.24, 2.45) is 22.5 Å². The summed E-state index contributed by atoms with van der Waals surface area (Å²) in [5.74, 6) is -14.1. The Kier molecular flexibility index (Phi) is 32.1. The van der Waals surface area contributed by atoms with E-state index >= 15 is 0 Å². The fourth-order valence-electron chi connectivity index (χ4n) is 11.1. The van der Waals surface area contributed by atoms with Gasteiger partial charge >= 0.3 is 11.9 Å². The van der Waals surface area contributed by atoms with Gasteiger partial charge in [-0.3, -0.25) is 67.1 Å². The lowest BCUT2D eigenvalue weighted by molar-refractivity contribution is -0.142. The molecule has 1 aromatic heterocycles. The van der Waals surface area contributed by atoms with E-state index < -0.39 is 181 Å². The van der Waals surface area contributed by atoms with Gasteiger partial charge in [-0.1, -0.05) is 43.3 Å². The molecule has 0 spiro atoms. The molecule has 2 aromatic carbocycles. The molecule has 3 aliphatic heterocycles. The highest BCUT2D eigenvalue weighted by molar-refractivity contribution is 7.99. The van der Waals surface area contributed by atoms with Gasteiger partial charge in [0.05, 0.1) is 13.0 Å². The van der Waals surface area contributed by atoms with E-state index in [2.05, 4.69) is 58.0 Å². The smallest absolute Gasteiger partial charge is 0.305 e. The number of ether oxygens (including phenoxy) is 1. The lowest BCUT2D eigenvalue weighted by atomic mass is 9.99. The Morgan fingerprint density at radius 2 is 1.26 bits per heavy atom. The SMILES string of the molecule is CSCC[C@@H]1NC(=O)[C@@H]2CCCN2C(=O)[C@@H]2CSCc3cc(cc(c3)OCCCCCCO/N=C/C(=O)N[C@@H](C)C(=O)N2)CSC[C@@H](C(N)=O)NC(=O)[C@H](CCC(=O)O)NC(=O)[C@H](CCC(N)=O)NC(=O)[C@H](Cc2c[nH]c3ccccc23)NC(=O)[C@H](C(C)C)NC(=O)[C@H](CC(=O)O)NC1=O. The number of primary amides is 2. The number of benzene rings is 2. The van der Waals surface area contributed by atoms with Crippen LogP contribution < -0.4 is 64.1 Å². The number of rotatable bonds is 15. The molecule has 4 bridgehead atoms. The van der Waals surface area contributed by atoms with Crippen LogP contribution in [0.4, 0.5) is 0 Å². The normalized spacial score (nSPS) is 25.1. The number of amides is 12. The number of nitrogens with one attached hydrogen (secondary N) is 10. The lowest BCUT2D eigenvalue weighted by Gasteiger charge is -2.31. The van der Waals surface area contributed by atoms with Crippen molar-refractivity contribution >= 4 is 135 Å². The zero-order valence-electron chi connectivity index (χ0n) is 56.1. The van der Waals surface area contributed by atoms with Crippen LogP contribution in [0.2, 0.25) is 0 Å². The third kappa shape index (κ3) is 25.6. The first-order valence-electron chi connectivity index (χ1n) is 32.9. The van der Waals surface area contributed by atoms with Crippen molar-refractivity contribution in [2.75, 3.05) is 43.3 Å². The van der Waals surface area contributed by atoms with Crippen molar-refractivity contribution in [2.45, 2.75) is 176 Å². The first kappa shape index (κ1) is 79.9. The molecular formula is C65H90N14O18S3. The summed E-state index contributed by atoms with van der Waals surface area (Å²) in [5.41, 5.74) is 13.9. The second-order valence-electron chi connectivity index (χ2n) is 24.7. The fourth-order valence-corrected chi connectivity index (χ4v) is 13.6. The standard InChI is InChI=1S/C65H90N14O18S3/c1-35(2)55-64(94)75-46(27-39-29-68-42-13-8-7-12-41(39)42)61(91)72-43(15-17-51(66)80)58(88)71-44(16-18-53(82)83)59(89)76-48(56(67)86)33-99-31-37-24-38-26-40(25-37)96-21-9-5-6-10-22-97-69-30-52(81)70-36(3)57(87)77-49(34-100-32-38)65(95)79-20-11-14-50(79)63(93)73-45(19-23-98-4)60(90)74-47(28-54(84)85)62(92)78-55/h7-8,12-13,24-26,29-30,35-36,43-50,55,68H,5-6,9-11,14-23,27-28,31-34H2,1-4H3,(H2,66,80)(H2,67,86)(H,70,81)(H,71,88)(H,72,91)(H,73,93)(H,74,90)(H,75,94)(H,76,89)(H,77,87)(H,78,92)(H,82,83)(H,84,85)/b69-30+/t36-,43-,44-,45-,46-,47-,48-,49-,50-,55-/m0/s1. The maximum absolute atomic E-state index is 14.9. The van der Waals surface area contributed by atoms with E-state index in [9.17, 15) is 77.3 Å². The molecule has 0 radical (unpaired) electrons. The van der Waals surface area contributed by atoms with Crippen molar-refractivity contribution < 1.29 is 86.9 Å². The number of aromatic amines is 1. The number of carboxylic acid groups (broad SMARTS) is 2. The van der Waals surface area contributed by atoms with E-state index in [0.717, 1.165) is 19.1 Å². The monoisotopic (exact) mass is 1450 g/mol. The quantitative estimate of drug-likeness (QED) is 0.0930. The number of hydrogen-bond acceptors (Lipinski definition) is 20. The highest BCUT2D eigenvalue weighted by Gasteiger charge is 2.41. The Hall–Kier alpha value is -9.12. The van der Waals surface area contributed by atoms with Crippen LogP contribution >= 0.6 is 35.3 Å². The topological polar surface area (TPSA) is 490 Å². The van der Waals surface area contributed by atoms with E-state index in [0.29, 0.717) is 59.2 Å². The van der Waals surface area contributed by atoms with Gasteiger partial charge in [0, 0.05) is 65.9 Å². The number of hydrogen-bond donors (Lipinski definition) is 14. The Labute approximate surface area is 590 Å². The van der Waals surface area contributed by atoms with E-state index in [1.54, 1.807) is 48.9 Å². The van der Waals surface area contributed by atoms with Gasteiger partial charge < -0.3 is 89.0 Å². The minimum atomic E-state index is -1.90. The number of oxime groups is 1. The third-order valence-corrected chi connectivity index (χ3v) is 19.3. The summed E-state index contributed by atoms with van der Waals surface area (Å²) in [7, 11) is 0. The molecule has 4 heterocycles. The Morgan fingerprint density at radius 1 is 0.660 bits per heavy atom. The van der Waals surface area contributed by atoms with E-state index in [1.807, 2.05) is 6.07 Å². The number of nitrogens with zero attached hydrogens (tertiary/aromatic N) is 2. The maximum Gasteiger partial charge on any atom is 0.305 e. The zero-order valence-corrected chi connectivity index (χ0v) is 58.5. The van der Waals surface area contributed by atoms with Crippen molar-refractivity contribution in [1.29, 1.82) is 0 Å². The Balaban J connectivity index is 1.42. The number of carbonyl (C=O) groups excluding carboxylic acids is 12. The van der Waals surface area contributed by atoms with Crippen LogP contribution in [0.25, 0.3) is 10.9 Å². The predicted octanol–water partition coefficient (Wildman–Crippen LogP) is -0.281. The molecule has 16 N–H and O–H groups in total. The van der Waals surface area contributed by atoms with Gasteiger partial charge in [-0.05, 0) is 118 Å². The highest BCUT2D eigenvalue weighted by atomic mass is 32.2. The van der Waals surface area contributed by atoms with Crippen molar-refractivity contribution in [1.82, 2.24) is 57.7 Å². The van der Waals surface area contributed by atoms with Crippen molar-refractivity contribution in [3.05, 3.63) is 65.4 Å². The van der Waals surface area contributed by atoms with Crippen LogP contribution in [-0.2, 0) is 89.9 Å². The average molecular weight is 1450 g/mol. The van der Waals surface area contributed by atoms with E-state index in [1.165, 1.54) is 61.0 Å². The van der Waals surface area contributed by atoms with Crippen LogP contribution in [0.3, 0.4) is 0 Å². The fraction of sp³-hybridized carbons (Fsp3) is 0.554. The molecule has 32 nitrogen and oxygen atoms in total. The van der Waals surface area contributed by atoms with Gasteiger partial charge in [0.25, 0.3) is 5.91 Å². The number of H-pyrrole nitrogens is 1. The summed E-state index contributed by atoms with van der Waals surface area (Å²) in [6.45, 7) is 4.97. The number of para-hydroxylation sites is 1. The predicted molar refractivity (Wildman–Crippen MR) is 372 cm³/mol. The number of fused-ring (bicyclic) bond motifs is 7. The molecule has 1 saturated heterocycles. The van der Waals surface area contributed by atoms with Gasteiger partial charge in [0.2, 0.25) is 65.0 Å². The van der Waals surface area contributed by atoms with Crippen molar-refractivity contribution in [3.8, 4) is 5.75 Å². The number of aliphatic carboxylic acids is 2. The second kappa shape index (κ2) is 40.2. The molecule has 546 valence electrons. The van der Waals surface area contributed by atoms with Gasteiger partial charge in [-0.25, -0.2) is 0 Å². The van der Waals surface area contributed by atoms with Crippen LogP contribution in [-0.4, -0.2) is 213 Å². The number of thioether (sulfide) groups is 3. The summed E-state index contributed by atoms with van der Waals surface area (Å²) >= 11 is 3.71. The molecule has 35 heteroatoms. The zero-order chi connectivity index (χ0) is 73.0. The number of carboxylic acids is 2. The Bertz CT molecular complexity index is 3470. The van der Waals surface area contributed by atoms with E-state index in [4.69, 9.17) is 21.0 Å². The molecule has 6 rings (SSSR count). The van der Waals surface area contributed by atoms with Gasteiger partial charge in [-0.15, -0.1) is 0 Å². The molecule has 0 aliphatic carbocycles. The van der Waals surface area contributed by atoms with Crippen LogP contribution in [0.5, 0.6) is 5.75 Å². The number of nitrogens with two attached hydrogens (primary N) is 2. The molecule has 3 aromatic rings. The summed E-state index contributed by atoms with van der Waals surface area (Å²) in [6, 6.07) is -2.74. The molecule has 3 aliphatic rings. The van der Waals surface area contributed by atoms with Gasteiger partial charge in [0.15, 0.2) is 0 Å². The average Bonchev–Trinajstić information content (AvgIpc) is 1.63. The summed E-state index contributed by atoms with van der Waals surface area (Å²) in [4.78, 5) is 203. The number of aromatic nitrogens is 1. The molecule has 10 atom stereocenters. The molecule has 12 amide bonds. The van der Waals surface area contributed by atoms with Gasteiger partial charge in [-0.2, -0.15) is 35.3 Å². The second-order valence-corrected chi connectivity index (χ2v) is 27.8. The first-order chi connectivity index (χ1) is 47.7. The minimum absolute atomic E-state index is 0.0400. The van der Waals surface area contributed by atoms with Crippen LogP contribution in [0.1, 0.15) is 115 Å². The minimum Gasteiger partial charge on any atom is -0.494 e. The molecular weight excluding hydrogens is 1360 g/mol. The van der Waals surface area contributed by atoms with E-state index in [-0.39, 0.29) is 61.2 Å². The molecule has 100 heavy (non-hydrogen) atoms. The highest BCUT2D eigenvalue weighted by Crippen LogP contribution is 2.27. The summed E-state index contributed by atoms with van der Waals surface area (Å²) in [6.07, 6.45) is 3.72. The first-order valence-corrected chi connectivity index (χ1v) is 36.6. The Morgan fingerprint density at radius 3 is 1.91 bits per heavy atom. The molecule has 0 unspecified atom stereocenters. The third-order valence-electron chi connectivity index (χ3n) is 16.5. The summed E-state index contributed by atoms with van der Waals surface area (Å²) < 4.78 is 6.25. The molecule has 1 fully saturated rings. The largest absolute Gasteiger partial charge is 0.494 e. The number of carbonyl (C=O) groups is 14. The van der Waals surface area contributed by atoms with Gasteiger partial charge in [0.1, 0.15) is 79.0 Å². The van der Waals surface area contributed by atoms with Crippen LogP contribution in [0, 0.1) is 5.92 Å². The lowest BCUT2D eigenvalue weighted by Crippen LogP contribution is -2.61. The summed E-state index contributed by atoms with van der Waals surface area (Å²) in [5, 5.41) is 47.3. The van der Waals surface area contributed by atoms with Crippen molar-refractivity contribution in [3.63, 3.8) is 0 Å².